The second-order valence-corrected chi connectivity index (χ2v) is 6.40. The number of hydrogen-bond donors (Lipinski definition) is 1. The van der Waals surface area contributed by atoms with Gasteiger partial charge in [0.25, 0.3) is 0 Å². The summed E-state index contributed by atoms with van der Waals surface area (Å²) in [7, 11) is 1.81. The summed E-state index contributed by atoms with van der Waals surface area (Å²) in [6.07, 6.45) is 3.38. The average Bonchev–Trinajstić information content (AvgIpc) is 2.26. The molecule has 1 saturated carbocycles. The molecule has 4 nitrogen and oxygen atoms in total. The highest BCUT2D eigenvalue weighted by Gasteiger charge is 2.30. The van der Waals surface area contributed by atoms with E-state index in [1.165, 1.54) is 0 Å². The summed E-state index contributed by atoms with van der Waals surface area (Å²) in [4.78, 5) is 13.6. The van der Waals surface area contributed by atoms with Gasteiger partial charge in [0.2, 0.25) is 0 Å². The third-order valence-corrected chi connectivity index (χ3v) is 3.65. The molecule has 0 saturated heterocycles. The predicted octanol–water partition coefficient (Wildman–Crippen LogP) is 2.79. The van der Waals surface area contributed by atoms with Crippen molar-refractivity contribution >= 4 is 6.09 Å². The molecule has 1 N–H and O–H groups in total. The van der Waals surface area contributed by atoms with Crippen molar-refractivity contribution in [3.63, 3.8) is 0 Å². The van der Waals surface area contributed by atoms with Crippen molar-refractivity contribution in [2.45, 2.75) is 71.1 Å². The van der Waals surface area contributed by atoms with E-state index in [9.17, 15) is 9.90 Å². The fourth-order valence-corrected chi connectivity index (χ4v) is 2.45. The van der Waals surface area contributed by atoms with E-state index >= 15 is 0 Å². The van der Waals surface area contributed by atoms with Crippen molar-refractivity contribution in [2.75, 3.05) is 7.05 Å². The Bertz CT molecular complexity index is 275. The summed E-state index contributed by atoms with van der Waals surface area (Å²) in [5.74, 6) is 0.383. The van der Waals surface area contributed by atoms with E-state index in [4.69, 9.17) is 4.74 Å². The first kappa shape index (κ1) is 15.3. The van der Waals surface area contributed by atoms with Crippen LogP contribution in [0.4, 0.5) is 4.79 Å². The van der Waals surface area contributed by atoms with Crippen molar-refractivity contribution in [3.05, 3.63) is 0 Å². The van der Waals surface area contributed by atoms with Gasteiger partial charge >= 0.3 is 6.09 Å². The third kappa shape index (κ3) is 4.48. The minimum Gasteiger partial charge on any atom is -0.444 e. The molecule has 0 aromatic heterocycles. The highest BCUT2D eigenvalue weighted by atomic mass is 16.6. The van der Waals surface area contributed by atoms with E-state index < -0.39 is 5.60 Å². The van der Waals surface area contributed by atoms with Gasteiger partial charge in [-0.05, 0) is 59.3 Å². The highest BCUT2D eigenvalue weighted by molar-refractivity contribution is 5.68. The number of hydrogen-bond acceptors (Lipinski definition) is 3. The van der Waals surface area contributed by atoms with Gasteiger partial charge in [0.1, 0.15) is 5.60 Å². The molecule has 1 unspecified atom stereocenters. The Kier molecular flexibility index (Phi) is 5.02. The Balaban J connectivity index is 2.45. The quantitative estimate of drug-likeness (QED) is 0.827. The second kappa shape index (κ2) is 5.91. The molecule has 0 heterocycles. The standard InChI is InChI=1S/C14H27NO3/c1-10(16)11-6-8-12(9-7-11)15(5)13(17)18-14(2,3)4/h10-12,16H,6-9H2,1-5H3/t10?,11-,12-. The fraction of sp³-hybridized carbons (Fsp3) is 0.929. The van der Waals surface area contributed by atoms with Crippen molar-refractivity contribution in [1.29, 1.82) is 0 Å². The van der Waals surface area contributed by atoms with E-state index in [0.29, 0.717) is 5.92 Å². The number of nitrogens with zero attached hydrogens (tertiary/aromatic N) is 1. The lowest BCUT2D eigenvalue weighted by atomic mass is 9.83. The van der Waals surface area contributed by atoms with Gasteiger partial charge in [-0.15, -0.1) is 0 Å². The molecule has 18 heavy (non-hydrogen) atoms. The zero-order valence-electron chi connectivity index (χ0n) is 12.3. The van der Waals surface area contributed by atoms with E-state index in [0.717, 1.165) is 25.7 Å². The van der Waals surface area contributed by atoms with Crippen LogP contribution in [0.2, 0.25) is 0 Å². The van der Waals surface area contributed by atoms with Crippen LogP contribution in [0, 0.1) is 5.92 Å². The van der Waals surface area contributed by atoms with E-state index in [2.05, 4.69) is 0 Å². The van der Waals surface area contributed by atoms with Crippen LogP contribution < -0.4 is 0 Å². The van der Waals surface area contributed by atoms with Gasteiger partial charge in [-0.2, -0.15) is 0 Å². The minimum absolute atomic E-state index is 0.238. The van der Waals surface area contributed by atoms with Crippen LogP contribution in [0.3, 0.4) is 0 Å². The number of ether oxygens (including phenoxy) is 1. The summed E-state index contributed by atoms with van der Waals surface area (Å²) < 4.78 is 5.36. The van der Waals surface area contributed by atoms with Crippen LogP contribution in [-0.2, 0) is 4.74 Å². The average molecular weight is 257 g/mol. The van der Waals surface area contributed by atoms with Gasteiger partial charge in [0, 0.05) is 13.1 Å². The maximum absolute atomic E-state index is 11.9. The summed E-state index contributed by atoms with van der Waals surface area (Å²) in [6, 6.07) is 0.245. The normalized spacial score (nSPS) is 26.6. The van der Waals surface area contributed by atoms with Crippen molar-refractivity contribution in [1.82, 2.24) is 4.90 Å². The molecular formula is C14H27NO3. The molecule has 0 aliphatic heterocycles. The molecule has 1 aliphatic rings. The first-order valence-corrected chi connectivity index (χ1v) is 6.84. The van der Waals surface area contributed by atoms with Crippen LogP contribution in [0.25, 0.3) is 0 Å². The van der Waals surface area contributed by atoms with Crippen LogP contribution in [0.1, 0.15) is 53.4 Å². The summed E-state index contributed by atoms with van der Waals surface area (Å²) in [6.45, 7) is 7.48. The van der Waals surface area contributed by atoms with Gasteiger partial charge in [-0.1, -0.05) is 0 Å². The lowest BCUT2D eigenvalue weighted by molar-refractivity contribution is 0.0130. The van der Waals surface area contributed by atoms with Crippen LogP contribution >= 0.6 is 0 Å². The number of carbonyl (C=O) groups is 1. The van der Waals surface area contributed by atoms with Crippen molar-refractivity contribution in [2.24, 2.45) is 5.92 Å². The summed E-state index contributed by atoms with van der Waals surface area (Å²) in [5, 5.41) is 9.56. The number of aliphatic hydroxyl groups excluding tert-OH is 1. The SMILES string of the molecule is CC(O)[C@H]1CC[C@H](N(C)C(=O)OC(C)(C)C)CC1. The van der Waals surface area contributed by atoms with Gasteiger partial charge in [-0.25, -0.2) is 4.79 Å². The third-order valence-electron chi connectivity index (χ3n) is 3.65. The maximum Gasteiger partial charge on any atom is 0.410 e. The Morgan fingerprint density at radius 1 is 1.28 bits per heavy atom. The molecule has 0 spiro atoms. The van der Waals surface area contributed by atoms with Gasteiger partial charge in [0.15, 0.2) is 0 Å². The zero-order valence-corrected chi connectivity index (χ0v) is 12.3. The first-order chi connectivity index (χ1) is 8.20. The molecule has 1 rings (SSSR count). The molecule has 1 amide bonds. The smallest absolute Gasteiger partial charge is 0.410 e. The number of rotatable bonds is 2. The van der Waals surface area contributed by atoms with Crippen LogP contribution in [0.15, 0.2) is 0 Å². The molecule has 4 heteroatoms. The molecule has 1 atom stereocenters. The molecule has 1 aliphatic carbocycles. The molecule has 0 bridgehead atoms. The lowest BCUT2D eigenvalue weighted by Gasteiger charge is -2.36. The molecule has 0 radical (unpaired) electrons. The fourth-order valence-electron chi connectivity index (χ4n) is 2.45. The van der Waals surface area contributed by atoms with Gasteiger partial charge in [0.05, 0.1) is 6.10 Å². The Morgan fingerprint density at radius 3 is 2.17 bits per heavy atom. The van der Waals surface area contributed by atoms with Crippen LogP contribution in [0.5, 0.6) is 0 Å². The minimum atomic E-state index is -0.442. The van der Waals surface area contributed by atoms with Crippen molar-refractivity contribution in [3.8, 4) is 0 Å². The second-order valence-electron chi connectivity index (χ2n) is 6.40. The molecular weight excluding hydrogens is 230 g/mol. The van der Waals surface area contributed by atoms with Crippen molar-refractivity contribution < 1.29 is 14.6 Å². The lowest BCUT2D eigenvalue weighted by Crippen LogP contribution is -2.43. The monoisotopic (exact) mass is 257 g/mol. The number of aliphatic hydroxyl groups is 1. The Hall–Kier alpha value is -0.770. The molecule has 0 aromatic carbocycles. The van der Waals surface area contributed by atoms with E-state index in [-0.39, 0.29) is 18.2 Å². The van der Waals surface area contributed by atoms with Gasteiger partial charge in [-0.3, -0.25) is 0 Å². The zero-order chi connectivity index (χ0) is 13.9. The topological polar surface area (TPSA) is 49.8 Å². The van der Waals surface area contributed by atoms with E-state index in [1.54, 1.807) is 11.9 Å². The largest absolute Gasteiger partial charge is 0.444 e. The molecule has 0 aromatic rings. The Labute approximate surface area is 110 Å². The van der Waals surface area contributed by atoms with Gasteiger partial charge < -0.3 is 14.7 Å². The number of carbonyl (C=O) groups excluding carboxylic acids is 1. The van der Waals surface area contributed by atoms with Crippen LogP contribution in [-0.4, -0.2) is 40.9 Å². The van der Waals surface area contributed by atoms with E-state index in [1.807, 2.05) is 27.7 Å². The molecule has 106 valence electrons. The maximum atomic E-state index is 11.9. The summed E-state index contributed by atoms with van der Waals surface area (Å²) in [5.41, 5.74) is -0.442. The molecule has 1 fully saturated rings. The predicted molar refractivity (Wildman–Crippen MR) is 71.4 cm³/mol. The Morgan fingerprint density at radius 2 is 1.78 bits per heavy atom. The number of amides is 1. The highest BCUT2D eigenvalue weighted by Crippen LogP contribution is 2.29. The summed E-state index contributed by atoms with van der Waals surface area (Å²) >= 11 is 0. The first-order valence-electron chi connectivity index (χ1n) is 6.84.